The molecule has 0 bridgehead atoms. The summed E-state index contributed by atoms with van der Waals surface area (Å²) < 4.78 is 10.7. The molecule has 17 heavy (non-hydrogen) atoms. The lowest BCUT2D eigenvalue weighted by molar-refractivity contribution is -0.123. The summed E-state index contributed by atoms with van der Waals surface area (Å²) in [7, 11) is 0. The molecule has 0 unspecified atom stereocenters. The molecule has 0 amide bonds. The summed E-state index contributed by atoms with van der Waals surface area (Å²) in [4.78, 5) is 11.3. The number of Topliss-reactive ketones (excluding diaryl/α,β-unsaturated/α-hetero) is 1. The molecule has 0 spiro atoms. The molecule has 0 heterocycles. The number of para-hydroxylation sites is 1. The van der Waals surface area contributed by atoms with Gasteiger partial charge in [0.15, 0.2) is 5.78 Å². The second kappa shape index (κ2) is 8.76. The topological polar surface area (TPSA) is 35.5 Å². The number of hydrogen-bond donors (Lipinski definition) is 0. The number of ketones is 1. The summed E-state index contributed by atoms with van der Waals surface area (Å²) in [5.41, 5.74) is 0. The van der Waals surface area contributed by atoms with Crippen molar-refractivity contribution in [2.75, 3.05) is 19.8 Å². The van der Waals surface area contributed by atoms with Crippen LogP contribution in [0.3, 0.4) is 0 Å². The maximum atomic E-state index is 11.3. The van der Waals surface area contributed by atoms with E-state index in [0.717, 1.165) is 18.6 Å². The number of hydrogen-bond acceptors (Lipinski definition) is 3. The molecule has 0 saturated carbocycles. The van der Waals surface area contributed by atoms with Crippen molar-refractivity contribution in [3.8, 4) is 5.75 Å². The molecule has 3 heteroatoms. The first-order valence-corrected chi connectivity index (χ1v) is 6.10. The summed E-state index contributed by atoms with van der Waals surface area (Å²) in [5, 5.41) is 0. The zero-order chi connectivity index (χ0) is 12.3. The highest BCUT2D eigenvalue weighted by Crippen LogP contribution is 2.08. The first-order valence-electron chi connectivity index (χ1n) is 6.10. The Morgan fingerprint density at radius 3 is 2.65 bits per heavy atom. The maximum Gasteiger partial charge on any atom is 0.158 e. The molecule has 0 saturated heterocycles. The molecule has 0 aliphatic carbocycles. The SMILES string of the molecule is CCCOCC(=O)CCCOc1ccccc1. The van der Waals surface area contributed by atoms with E-state index in [1.54, 1.807) is 0 Å². The molecule has 0 aliphatic heterocycles. The largest absolute Gasteiger partial charge is 0.494 e. The minimum absolute atomic E-state index is 0.148. The van der Waals surface area contributed by atoms with Gasteiger partial charge in [0.05, 0.1) is 6.61 Å². The first-order chi connectivity index (χ1) is 8.33. The Kier molecular flexibility index (Phi) is 7.07. The van der Waals surface area contributed by atoms with Crippen molar-refractivity contribution in [1.82, 2.24) is 0 Å². The van der Waals surface area contributed by atoms with Crippen LogP contribution in [0.1, 0.15) is 26.2 Å². The minimum atomic E-state index is 0.148. The average molecular weight is 236 g/mol. The zero-order valence-electron chi connectivity index (χ0n) is 10.4. The lowest BCUT2D eigenvalue weighted by Crippen LogP contribution is -2.10. The molecule has 3 nitrogen and oxygen atoms in total. The highest BCUT2D eigenvalue weighted by atomic mass is 16.5. The summed E-state index contributed by atoms with van der Waals surface area (Å²) in [6, 6.07) is 9.62. The molecule has 1 aromatic carbocycles. The van der Waals surface area contributed by atoms with Crippen LogP contribution in [-0.4, -0.2) is 25.6 Å². The number of ether oxygens (including phenoxy) is 2. The van der Waals surface area contributed by atoms with E-state index >= 15 is 0 Å². The van der Waals surface area contributed by atoms with Crippen LogP contribution in [0, 0.1) is 0 Å². The van der Waals surface area contributed by atoms with E-state index in [1.165, 1.54) is 0 Å². The lowest BCUT2D eigenvalue weighted by atomic mass is 10.2. The van der Waals surface area contributed by atoms with Crippen LogP contribution in [0.25, 0.3) is 0 Å². The Morgan fingerprint density at radius 2 is 1.94 bits per heavy atom. The van der Waals surface area contributed by atoms with E-state index in [1.807, 2.05) is 37.3 Å². The molecule has 0 radical (unpaired) electrons. The standard InChI is InChI=1S/C14H20O3/c1-2-10-16-12-13(15)7-6-11-17-14-8-4-3-5-9-14/h3-5,8-9H,2,6-7,10-12H2,1H3. The Morgan fingerprint density at radius 1 is 1.18 bits per heavy atom. The van der Waals surface area contributed by atoms with Gasteiger partial charge in [-0.05, 0) is 25.0 Å². The zero-order valence-corrected chi connectivity index (χ0v) is 10.4. The predicted molar refractivity (Wildman–Crippen MR) is 67.3 cm³/mol. The van der Waals surface area contributed by atoms with E-state index in [0.29, 0.717) is 19.6 Å². The van der Waals surface area contributed by atoms with Crippen LogP contribution in [0.15, 0.2) is 30.3 Å². The van der Waals surface area contributed by atoms with Crippen LogP contribution >= 0.6 is 0 Å². The molecule has 1 aromatic rings. The van der Waals surface area contributed by atoms with Crippen LogP contribution in [0.2, 0.25) is 0 Å². The van der Waals surface area contributed by atoms with Gasteiger partial charge in [-0.2, -0.15) is 0 Å². The summed E-state index contributed by atoms with van der Waals surface area (Å²) >= 11 is 0. The van der Waals surface area contributed by atoms with Crippen molar-refractivity contribution < 1.29 is 14.3 Å². The fourth-order valence-corrected chi connectivity index (χ4v) is 1.38. The van der Waals surface area contributed by atoms with Crippen molar-refractivity contribution in [3.05, 3.63) is 30.3 Å². The maximum absolute atomic E-state index is 11.3. The molecule has 94 valence electrons. The quantitative estimate of drug-likeness (QED) is 0.618. The first kappa shape index (κ1) is 13.7. The lowest BCUT2D eigenvalue weighted by Gasteiger charge is -2.05. The fourth-order valence-electron chi connectivity index (χ4n) is 1.38. The van der Waals surface area contributed by atoms with Gasteiger partial charge in [0.1, 0.15) is 12.4 Å². The molecule has 1 rings (SSSR count). The minimum Gasteiger partial charge on any atom is -0.494 e. The van der Waals surface area contributed by atoms with Gasteiger partial charge in [0, 0.05) is 13.0 Å². The van der Waals surface area contributed by atoms with E-state index in [4.69, 9.17) is 9.47 Å². The van der Waals surface area contributed by atoms with Crippen LogP contribution in [0.4, 0.5) is 0 Å². The van der Waals surface area contributed by atoms with Gasteiger partial charge in [0.25, 0.3) is 0 Å². The highest BCUT2D eigenvalue weighted by molar-refractivity contribution is 5.79. The van der Waals surface area contributed by atoms with Crippen molar-refractivity contribution in [2.24, 2.45) is 0 Å². The molecule has 0 fully saturated rings. The van der Waals surface area contributed by atoms with Crippen molar-refractivity contribution >= 4 is 5.78 Å². The smallest absolute Gasteiger partial charge is 0.158 e. The fraction of sp³-hybridized carbons (Fsp3) is 0.500. The Bertz CT molecular complexity index is 309. The number of carbonyl (C=O) groups is 1. The van der Waals surface area contributed by atoms with Crippen molar-refractivity contribution in [1.29, 1.82) is 0 Å². The van der Waals surface area contributed by atoms with Crippen LogP contribution in [0.5, 0.6) is 5.75 Å². The number of benzene rings is 1. The number of rotatable bonds is 9. The van der Waals surface area contributed by atoms with Gasteiger partial charge < -0.3 is 9.47 Å². The molecule has 0 aromatic heterocycles. The molecular formula is C14H20O3. The monoisotopic (exact) mass is 236 g/mol. The van der Waals surface area contributed by atoms with E-state index in [-0.39, 0.29) is 12.4 Å². The molecule has 0 atom stereocenters. The third-order valence-corrected chi connectivity index (χ3v) is 2.22. The van der Waals surface area contributed by atoms with Gasteiger partial charge in [-0.1, -0.05) is 25.1 Å². The number of carbonyl (C=O) groups excluding carboxylic acids is 1. The van der Waals surface area contributed by atoms with Crippen LogP contribution in [-0.2, 0) is 9.53 Å². The van der Waals surface area contributed by atoms with Crippen molar-refractivity contribution in [2.45, 2.75) is 26.2 Å². The Labute approximate surface area is 103 Å². The van der Waals surface area contributed by atoms with Gasteiger partial charge in [0.2, 0.25) is 0 Å². The Balaban J connectivity index is 2.02. The predicted octanol–water partition coefficient (Wildman–Crippen LogP) is 2.84. The molecule has 0 N–H and O–H groups in total. The van der Waals surface area contributed by atoms with Gasteiger partial charge in [-0.25, -0.2) is 0 Å². The summed E-state index contributed by atoms with van der Waals surface area (Å²) in [5.74, 6) is 0.997. The van der Waals surface area contributed by atoms with Gasteiger partial charge in [-0.15, -0.1) is 0 Å². The van der Waals surface area contributed by atoms with Crippen LogP contribution < -0.4 is 4.74 Å². The Hall–Kier alpha value is -1.35. The third kappa shape index (κ3) is 6.74. The third-order valence-electron chi connectivity index (χ3n) is 2.22. The van der Waals surface area contributed by atoms with E-state index in [9.17, 15) is 4.79 Å². The normalized spacial score (nSPS) is 10.2. The molecular weight excluding hydrogens is 216 g/mol. The second-order valence-corrected chi connectivity index (χ2v) is 3.86. The molecule has 0 aliphatic rings. The van der Waals surface area contributed by atoms with Crippen molar-refractivity contribution in [3.63, 3.8) is 0 Å². The van der Waals surface area contributed by atoms with Gasteiger partial charge in [-0.3, -0.25) is 4.79 Å². The highest BCUT2D eigenvalue weighted by Gasteiger charge is 2.01. The van der Waals surface area contributed by atoms with E-state index in [2.05, 4.69) is 0 Å². The summed E-state index contributed by atoms with van der Waals surface area (Å²) in [6.07, 6.45) is 2.21. The van der Waals surface area contributed by atoms with Gasteiger partial charge >= 0.3 is 0 Å². The second-order valence-electron chi connectivity index (χ2n) is 3.86. The van der Waals surface area contributed by atoms with E-state index < -0.39 is 0 Å². The average Bonchev–Trinajstić information content (AvgIpc) is 2.36. The summed E-state index contributed by atoms with van der Waals surface area (Å²) in [6.45, 7) is 3.49.